The molecule has 1 heterocycles. The van der Waals surface area contributed by atoms with Crippen molar-refractivity contribution in [1.82, 2.24) is 4.90 Å². The molecule has 84 valence electrons. The van der Waals surface area contributed by atoms with Gasteiger partial charge in [0.05, 0.1) is 11.8 Å². The van der Waals surface area contributed by atoms with E-state index in [4.69, 9.17) is 5.11 Å². The fourth-order valence-electron chi connectivity index (χ4n) is 2.50. The minimum atomic E-state index is -0.819. The first-order valence-corrected chi connectivity index (χ1v) is 5.68. The lowest BCUT2D eigenvalue weighted by Gasteiger charge is -2.23. The van der Waals surface area contributed by atoms with Crippen LogP contribution in [0.2, 0.25) is 0 Å². The lowest BCUT2D eigenvalue weighted by molar-refractivity contribution is -0.142. The molecule has 0 aromatic rings. The third-order valence-electron chi connectivity index (χ3n) is 3.56. The number of carbonyl (C=O) groups excluding carboxylic acids is 1. The van der Waals surface area contributed by atoms with Crippen LogP contribution in [-0.4, -0.2) is 34.5 Å². The SMILES string of the molecule is CCC1CCCN1C(=O)[C@@H]1C[C@@H]1C(=O)O. The first-order chi connectivity index (χ1) is 7.15. The molecule has 15 heavy (non-hydrogen) atoms. The van der Waals surface area contributed by atoms with Gasteiger partial charge in [-0.15, -0.1) is 0 Å². The minimum absolute atomic E-state index is 0.0757. The molecule has 1 aliphatic heterocycles. The third-order valence-corrected chi connectivity index (χ3v) is 3.56. The number of aliphatic carboxylic acids is 1. The summed E-state index contributed by atoms with van der Waals surface area (Å²) in [5, 5.41) is 8.77. The summed E-state index contributed by atoms with van der Waals surface area (Å²) in [6.45, 7) is 2.90. The zero-order valence-corrected chi connectivity index (χ0v) is 8.98. The van der Waals surface area contributed by atoms with Crippen molar-refractivity contribution in [2.45, 2.75) is 38.6 Å². The summed E-state index contributed by atoms with van der Waals surface area (Å²) in [4.78, 5) is 24.5. The highest BCUT2D eigenvalue weighted by Crippen LogP contribution is 2.41. The predicted octanol–water partition coefficient (Wildman–Crippen LogP) is 1.11. The Labute approximate surface area is 89.3 Å². The summed E-state index contributed by atoms with van der Waals surface area (Å²) in [5.74, 6) is -1.38. The molecule has 2 rings (SSSR count). The first-order valence-electron chi connectivity index (χ1n) is 5.68. The standard InChI is InChI=1S/C11H17NO3/c1-2-7-4-3-5-12(7)10(13)8-6-9(8)11(14)15/h7-9H,2-6H2,1H3,(H,14,15)/t7?,8-,9+/m1/s1. The molecule has 4 heteroatoms. The topological polar surface area (TPSA) is 57.6 Å². The van der Waals surface area contributed by atoms with Gasteiger partial charge in [-0.05, 0) is 25.7 Å². The summed E-state index contributed by atoms with van der Waals surface area (Å²) in [6, 6.07) is 0.354. The Bertz CT molecular complexity index is 290. The summed E-state index contributed by atoms with van der Waals surface area (Å²) >= 11 is 0. The van der Waals surface area contributed by atoms with Crippen LogP contribution in [0.25, 0.3) is 0 Å². The lowest BCUT2D eigenvalue weighted by Crippen LogP contribution is -2.36. The van der Waals surface area contributed by atoms with Crippen LogP contribution in [0, 0.1) is 11.8 Å². The number of likely N-dealkylation sites (tertiary alicyclic amines) is 1. The van der Waals surface area contributed by atoms with Gasteiger partial charge < -0.3 is 10.0 Å². The maximum atomic E-state index is 12.0. The van der Waals surface area contributed by atoms with Gasteiger partial charge in [0.1, 0.15) is 0 Å². The van der Waals surface area contributed by atoms with Gasteiger partial charge >= 0.3 is 5.97 Å². The third kappa shape index (κ3) is 1.85. The van der Waals surface area contributed by atoms with E-state index in [9.17, 15) is 9.59 Å². The highest BCUT2D eigenvalue weighted by molar-refractivity contribution is 5.89. The van der Waals surface area contributed by atoms with Crippen LogP contribution in [0.4, 0.5) is 0 Å². The molecule has 0 bridgehead atoms. The van der Waals surface area contributed by atoms with Gasteiger partial charge in [0, 0.05) is 12.6 Å². The summed E-state index contributed by atoms with van der Waals surface area (Å²) in [7, 11) is 0. The molecule has 3 atom stereocenters. The van der Waals surface area contributed by atoms with Crippen LogP contribution in [0.3, 0.4) is 0 Å². The van der Waals surface area contributed by atoms with Gasteiger partial charge in [-0.1, -0.05) is 6.92 Å². The predicted molar refractivity (Wildman–Crippen MR) is 54.3 cm³/mol. The molecule has 0 spiro atoms. The van der Waals surface area contributed by atoms with Gasteiger partial charge in [-0.25, -0.2) is 0 Å². The number of rotatable bonds is 3. The molecule has 0 aromatic carbocycles. The molecule has 1 N–H and O–H groups in total. The van der Waals surface area contributed by atoms with Crippen molar-refractivity contribution in [3.8, 4) is 0 Å². The molecule has 1 unspecified atom stereocenters. The fourth-order valence-corrected chi connectivity index (χ4v) is 2.50. The van der Waals surface area contributed by atoms with E-state index in [0.717, 1.165) is 25.8 Å². The zero-order chi connectivity index (χ0) is 11.0. The summed E-state index contributed by atoms with van der Waals surface area (Å²) < 4.78 is 0. The van der Waals surface area contributed by atoms with Crippen molar-refractivity contribution >= 4 is 11.9 Å². The summed E-state index contributed by atoms with van der Waals surface area (Å²) in [5.41, 5.74) is 0. The number of hydrogen-bond acceptors (Lipinski definition) is 2. The van der Waals surface area contributed by atoms with E-state index in [-0.39, 0.29) is 11.8 Å². The molecule has 1 aliphatic carbocycles. The molecule has 2 aliphatic rings. The molecule has 2 fully saturated rings. The fraction of sp³-hybridized carbons (Fsp3) is 0.818. The van der Waals surface area contributed by atoms with Crippen LogP contribution in [0.5, 0.6) is 0 Å². The smallest absolute Gasteiger partial charge is 0.307 e. The number of carboxylic acids is 1. The average Bonchev–Trinajstić information content (AvgIpc) is 2.88. The molecule has 4 nitrogen and oxygen atoms in total. The molecule has 1 amide bonds. The van der Waals surface area contributed by atoms with Crippen molar-refractivity contribution in [3.05, 3.63) is 0 Å². The number of carboxylic acid groups (broad SMARTS) is 1. The van der Waals surface area contributed by atoms with E-state index >= 15 is 0 Å². The Balaban J connectivity index is 1.94. The Morgan fingerprint density at radius 1 is 1.40 bits per heavy atom. The van der Waals surface area contributed by atoms with Gasteiger partial charge in [-0.2, -0.15) is 0 Å². The normalized spacial score (nSPS) is 34.2. The van der Waals surface area contributed by atoms with Crippen molar-refractivity contribution in [1.29, 1.82) is 0 Å². The van der Waals surface area contributed by atoms with E-state index in [1.165, 1.54) is 0 Å². The average molecular weight is 211 g/mol. The van der Waals surface area contributed by atoms with E-state index in [1.807, 2.05) is 4.90 Å². The Morgan fingerprint density at radius 3 is 2.67 bits per heavy atom. The van der Waals surface area contributed by atoms with Crippen molar-refractivity contribution in [2.24, 2.45) is 11.8 Å². The molecule has 1 saturated carbocycles. The van der Waals surface area contributed by atoms with Gasteiger partial charge in [0.2, 0.25) is 5.91 Å². The van der Waals surface area contributed by atoms with E-state index in [1.54, 1.807) is 0 Å². The van der Waals surface area contributed by atoms with Crippen LogP contribution in [-0.2, 0) is 9.59 Å². The molecule has 0 radical (unpaired) electrons. The highest BCUT2D eigenvalue weighted by atomic mass is 16.4. The number of hydrogen-bond donors (Lipinski definition) is 1. The monoisotopic (exact) mass is 211 g/mol. The minimum Gasteiger partial charge on any atom is -0.481 e. The lowest BCUT2D eigenvalue weighted by atomic mass is 10.1. The molecular formula is C11H17NO3. The van der Waals surface area contributed by atoms with Crippen molar-refractivity contribution in [2.75, 3.05) is 6.54 Å². The van der Waals surface area contributed by atoms with Crippen molar-refractivity contribution < 1.29 is 14.7 Å². The van der Waals surface area contributed by atoms with Crippen LogP contribution in [0.15, 0.2) is 0 Å². The number of nitrogens with zero attached hydrogens (tertiary/aromatic N) is 1. The van der Waals surface area contributed by atoms with Gasteiger partial charge in [0.15, 0.2) is 0 Å². The second-order valence-electron chi connectivity index (χ2n) is 4.52. The second kappa shape index (κ2) is 3.83. The molecule has 0 aromatic heterocycles. The van der Waals surface area contributed by atoms with Gasteiger partial charge in [-0.3, -0.25) is 9.59 Å². The van der Waals surface area contributed by atoms with Gasteiger partial charge in [0.25, 0.3) is 0 Å². The number of amides is 1. The quantitative estimate of drug-likeness (QED) is 0.760. The molecule has 1 saturated heterocycles. The summed E-state index contributed by atoms with van der Waals surface area (Å²) in [6.07, 6.45) is 3.67. The van der Waals surface area contributed by atoms with Crippen LogP contribution >= 0.6 is 0 Å². The Hall–Kier alpha value is -1.06. The van der Waals surface area contributed by atoms with E-state index < -0.39 is 11.9 Å². The maximum absolute atomic E-state index is 12.0. The van der Waals surface area contributed by atoms with Crippen LogP contribution in [0.1, 0.15) is 32.6 Å². The first kappa shape index (κ1) is 10.5. The largest absolute Gasteiger partial charge is 0.481 e. The van der Waals surface area contributed by atoms with Crippen LogP contribution < -0.4 is 0 Å². The second-order valence-corrected chi connectivity index (χ2v) is 4.52. The Morgan fingerprint density at radius 2 is 2.13 bits per heavy atom. The highest BCUT2D eigenvalue weighted by Gasteiger charge is 2.50. The maximum Gasteiger partial charge on any atom is 0.307 e. The van der Waals surface area contributed by atoms with E-state index in [2.05, 4.69) is 6.92 Å². The molecular weight excluding hydrogens is 194 g/mol. The number of carbonyl (C=O) groups is 2. The zero-order valence-electron chi connectivity index (χ0n) is 8.98. The van der Waals surface area contributed by atoms with Crippen molar-refractivity contribution in [3.63, 3.8) is 0 Å². The van der Waals surface area contributed by atoms with E-state index in [0.29, 0.717) is 12.5 Å². The Kier molecular flexibility index (Phi) is 2.67.